The summed E-state index contributed by atoms with van der Waals surface area (Å²) in [5.41, 5.74) is 9.35. The maximum atomic E-state index is 12.7. The number of carbonyl (C=O) groups is 2. The van der Waals surface area contributed by atoms with Gasteiger partial charge in [-0.2, -0.15) is 0 Å². The van der Waals surface area contributed by atoms with Crippen LogP contribution in [-0.4, -0.2) is 34.3 Å². The summed E-state index contributed by atoms with van der Waals surface area (Å²) in [5, 5.41) is 3.82. The van der Waals surface area contributed by atoms with Crippen molar-refractivity contribution < 1.29 is 9.59 Å². The molecule has 0 saturated carbocycles. The molecule has 1 aromatic heterocycles. The monoisotopic (exact) mass is 360 g/mol. The molecule has 2 heterocycles. The molecule has 1 atom stereocenters. The summed E-state index contributed by atoms with van der Waals surface area (Å²) in [5.74, 6) is -0.594. The molecule has 6 heteroatoms. The van der Waals surface area contributed by atoms with E-state index >= 15 is 0 Å². The molecule has 1 aliphatic heterocycles. The van der Waals surface area contributed by atoms with Gasteiger partial charge in [-0.05, 0) is 41.8 Å². The van der Waals surface area contributed by atoms with Crippen LogP contribution >= 0.6 is 0 Å². The topological polar surface area (TPSA) is 88.3 Å². The molecule has 2 aromatic carbocycles. The third kappa shape index (κ3) is 3.52. The highest BCUT2D eigenvalue weighted by molar-refractivity contribution is 6.01. The van der Waals surface area contributed by atoms with Crippen LogP contribution in [0.4, 0.5) is 5.69 Å². The van der Waals surface area contributed by atoms with Gasteiger partial charge >= 0.3 is 0 Å². The SMILES string of the molecule is NC(=O)C1Cc2ccccc2CN1CC(=O)Nc1cccc2ncccc12. The third-order valence-electron chi connectivity index (χ3n) is 4.94. The van der Waals surface area contributed by atoms with E-state index in [1.165, 1.54) is 0 Å². The lowest BCUT2D eigenvalue weighted by Gasteiger charge is -2.34. The maximum Gasteiger partial charge on any atom is 0.238 e. The number of nitrogens with two attached hydrogens (primary N) is 1. The third-order valence-corrected chi connectivity index (χ3v) is 4.94. The van der Waals surface area contributed by atoms with Crippen LogP contribution in [0.5, 0.6) is 0 Å². The number of anilines is 1. The normalized spacial score (nSPS) is 16.7. The number of hydrogen-bond acceptors (Lipinski definition) is 4. The highest BCUT2D eigenvalue weighted by Gasteiger charge is 2.31. The predicted molar refractivity (Wildman–Crippen MR) is 104 cm³/mol. The first-order valence-corrected chi connectivity index (χ1v) is 8.85. The summed E-state index contributed by atoms with van der Waals surface area (Å²) >= 11 is 0. The number of hydrogen-bond donors (Lipinski definition) is 2. The number of primary amides is 1. The summed E-state index contributed by atoms with van der Waals surface area (Å²) in [4.78, 5) is 30.7. The van der Waals surface area contributed by atoms with Crippen LogP contribution in [0.25, 0.3) is 10.9 Å². The molecule has 27 heavy (non-hydrogen) atoms. The van der Waals surface area contributed by atoms with Crippen LogP contribution < -0.4 is 11.1 Å². The van der Waals surface area contributed by atoms with Gasteiger partial charge in [-0.1, -0.05) is 30.3 Å². The smallest absolute Gasteiger partial charge is 0.238 e. The van der Waals surface area contributed by atoms with Gasteiger partial charge in [0.2, 0.25) is 11.8 Å². The molecule has 1 unspecified atom stereocenters. The maximum absolute atomic E-state index is 12.7. The first kappa shape index (κ1) is 17.2. The van der Waals surface area contributed by atoms with E-state index in [-0.39, 0.29) is 12.5 Å². The zero-order chi connectivity index (χ0) is 18.8. The number of fused-ring (bicyclic) bond motifs is 2. The number of amides is 2. The van der Waals surface area contributed by atoms with E-state index in [0.29, 0.717) is 18.7 Å². The van der Waals surface area contributed by atoms with Gasteiger partial charge in [0.25, 0.3) is 0 Å². The van der Waals surface area contributed by atoms with E-state index in [2.05, 4.69) is 10.3 Å². The Morgan fingerprint density at radius 3 is 2.70 bits per heavy atom. The number of benzene rings is 2. The molecule has 0 aliphatic carbocycles. The summed E-state index contributed by atoms with van der Waals surface area (Å²) in [6.45, 7) is 0.618. The van der Waals surface area contributed by atoms with E-state index < -0.39 is 11.9 Å². The van der Waals surface area contributed by atoms with Gasteiger partial charge in [-0.3, -0.25) is 19.5 Å². The molecule has 2 amide bonds. The second kappa shape index (κ2) is 7.17. The van der Waals surface area contributed by atoms with Crippen LogP contribution in [0.3, 0.4) is 0 Å². The molecule has 136 valence electrons. The van der Waals surface area contributed by atoms with Crippen molar-refractivity contribution in [2.24, 2.45) is 5.73 Å². The van der Waals surface area contributed by atoms with Crippen molar-refractivity contribution in [2.45, 2.75) is 19.0 Å². The summed E-state index contributed by atoms with van der Waals surface area (Å²) in [7, 11) is 0. The second-order valence-electron chi connectivity index (χ2n) is 6.72. The molecule has 0 radical (unpaired) electrons. The van der Waals surface area contributed by atoms with Crippen molar-refractivity contribution in [1.29, 1.82) is 0 Å². The zero-order valence-electron chi connectivity index (χ0n) is 14.8. The Balaban J connectivity index is 1.53. The number of carbonyl (C=O) groups excluding carboxylic acids is 2. The Bertz CT molecular complexity index is 1010. The predicted octanol–water partition coefficient (Wildman–Crippen LogP) is 2.09. The second-order valence-corrected chi connectivity index (χ2v) is 6.72. The first-order valence-electron chi connectivity index (χ1n) is 8.85. The zero-order valence-corrected chi connectivity index (χ0v) is 14.8. The van der Waals surface area contributed by atoms with Gasteiger partial charge in [-0.25, -0.2) is 0 Å². The van der Waals surface area contributed by atoms with Crippen LogP contribution in [-0.2, 0) is 22.6 Å². The Labute approximate surface area is 157 Å². The number of nitrogens with one attached hydrogen (secondary N) is 1. The average molecular weight is 360 g/mol. The van der Waals surface area contributed by atoms with Crippen LogP contribution in [0.2, 0.25) is 0 Å². The van der Waals surface area contributed by atoms with E-state index in [0.717, 1.165) is 22.0 Å². The molecule has 0 saturated heterocycles. The van der Waals surface area contributed by atoms with Crippen molar-refractivity contribution in [3.63, 3.8) is 0 Å². The first-order chi connectivity index (χ1) is 13.1. The molecular formula is C21H20N4O2. The van der Waals surface area contributed by atoms with Crippen LogP contribution in [0, 0.1) is 0 Å². The molecule has 0 fully saturated rings. The fraction of sp³-hybridized carbons (Fsp3) is 0.190. The van der Waals surface area contributed by atoms with Gasteiger partial charge < -0.3 is 11.1 Å². The molecule has 1 aliphatic rings. The lowest BCUT2D eigenvalue weighted by atomic mass is 9.93. The lowest BCUT2D eigenvalue weighted by molar-refractivity contribution is -0.125. The van der Waals surface area contributed by atoms with E-state index in [1.807, 2.05) is 59.5 Å². The summed E-state index contributed by atoms with van der Waals surface area (Å²) in [6.07, 6.45) is 2.24. The fourth-order valence-corrected chi connectivity index (χ4v) is 3.61. The quantitative estimate of drug-likeness (QED) is 0.746. The Morgan fingerprint density at radius 2 is 1.89 bits per heavy atom. The Kier molecular flexibility index (Phi) is 4.56. The van der Waals surface area contributed by atoms with Crippen molar-refractivity contribution in [1.82, 2.24) is 9.88 Å². The van der Waals surface area contributed by atoms with E-state index in [4.69, 9.17) is 5.73 Å². The van der Waals surface area contributed by atoms with Crippen LogP contribution in [0.15, 0.2) is 60.8 Å². The van der Waals surface area contributed by atoms with E-state index in [9.17, 15) is 9.59 Å². The van der Waals surface area contributed by atoms with Gasteiger partial charge in [0, 0.05) is 18.1 Å². The molecule has 6 nitrogen and oxygen atoms in total. The molecular weight excluding hydrogens is 340 g/mol. The minimum atomic E-state index is -0.486. The minimum absolute atomic E-state index is 0.0958. The molecule has 3 aromatic rings. The molecule has 4 rings (SSSR count). The number of rotatable bonds is 4. The standard InChI is InChI=1S/C21H20N4O2/c22-21(27)19-11-14-5-1-2-6-15(14)12-25(19)13-20(26)24-18-9-3-8-17-16(18)7-4-10-23-17/h1-10,19H,11-13H2,(H2,22,27)(H,24,26). The van der Waals surface area contributed by atoms with Gasteiger partial charge in [-0.15, -0.1) is 0 Å². The van der Waals surface area contributed by atoms with Crippen molar-refractivity contribution in [2.75, 3.05) is 11.9 Å². The number of nitrogens with zero attached hydrogens (tertiary/aromatic N) is 2. The number of pyridine rings is 1. The van der Waals surface area contributed by atoms with Crippen LogP contribution in [0.1, 0.15) is 11.1 Å². The Morgan fingerprint density at radius 1 is 1.07 bits per heavy atom. The van der Waals surface area contributed by atoms with Gasteiger partial charge in [0.05, 0.1) is 23.8 Å². The summed E-state index contributed by atoms with van der Waals surface area (Å²) in [6, 6.07) is 16.8. The van der Waals surface area contributed by atoms with Gasteiger partial charge in [0.15, 0.2) is 0 Å². The average Bonchev–Trinajstić information content (AvgIpc) is 2.67. The summed E-state index contributed by atoms with van der Waals surface area (Å²) < 4.78 is 0. The molecule has 0 spiro atoms. The highest BCUT2D eigenvalue weighted by Crippen LogP contribution is 2.24. The van der Waals surface area contributed by atoms with Crippen molar-refractivity contribution >= 4 is 28.4 Å². The molecule has 3 N–H and O–H groups in total. The van der Waals surface area contributed by atoms with Crippen molar-refractivity contribution in [3.05, 3.63) is 71.9 Å². The fourth-order valence-electron chi connectivity index (χ4n) is 3.61. The minimum Gasteiger partial charge on any atom is -0.368 e. The van der Waals surface area contributed by atoms with E-state index in [1.54, 1.807) is 6.20 Å². The lowest BCUT2D eigenvalue weighted by Crippen LogP contribution is -2.50. The number of aromatic nitrogens is 1. The van der Waals surface area contributed by atoms with Gasteiger partial charge in [0.1, 0.15) is 0 Å². The van der Waals surface area contributed by atoms with Crippen molar-refractivity contribution in [3.8, 4) is 0 Å². The largest absolute Gasteiger partial charge is 0.368 e. The molecule has 0 bridgehead atoms. The highest BCUT2D eigenvalue weighted by atomic mass is 16.2. The Hall–Kier alpha value is -3.25.